The van der Waals surface area contributed by atoms with Gasteiger partial charge in [-0.15, -0.1) is 0 Å². The van der Waals surface area contributed by atoms with E-state index in [2.05, 4.69) is 25.5 Å². The van der Waals surface area contributed by atoms with Crippen LogP contribution in [0.5, 0.6) is 5.75 Å². The fraction of sp³-hybridized carbons (Fsp3) is 0.500. The quantitative estimate of drug-likeness (QED) is 0.447. The van der Waals surface area contributed by atoms with Crippen LogP contribution < -0.4 is 4.74 Å². The maximum atomic E-state index is 10.2. The molecule has 26 heavy (non-hydrogen) atoms. The molecule has 1 aromatic rings. The lowest BCUT2D eigenvalue weighted by Crippen LogP contribution is -2.19. The van der Waals surface area contributed by atoms with E-state index in [1.807, 2.05) is 12.1 Å². The first kappa shape index (κ1) is 21.0. The molecule has 4 heteroatoms. The van der Waals surface area contributed by atoms with E-state index in [0.29, 0.717) is 23.1 Å². The number of aliphatic hydroxyl groups is 2. The maximum absolute atomic E-state index is 10.2. The summed E-state index contributed by atoms with van der Waals surface area (Å²) in [5.74, 6) is 1.00. The molecule has 0 spiro atoms. The van der Waals surface area contributed by atoms with Crippen LogP contribution in [0.25, 0.3) is 0 Å². The number of allylic oxidation sites excluding steroid dienone is 2. The van der Waals surface area contributed by atoms with Gasteiger partial charge < -0.3 is 14.9 Å². The van der Waals surface area contributed by atoms with Gasteiger partial charge in [-0.05, 0) is 49.8 Å². The Balaban J connectivity index is 1.80. The van der Waals surface area contributed by atoms with Crippen LogP contribution in [0, 0.1) is 18.3 Å². The van der Waals surface area contributed by atoms with Crippen molar-refractivity contribution >= 4 is 11.6 Å². The molecule has 0 heterocycles. The molecule has 0 aromatic heterocycles. The zero-order valence-electron chi connectivity index (χ0n) is 15.4. The Morgan fingerprint density at radius 1 is 1.35 bits per heavy atom. The number of halogens is 1. The van der Waals surface area contributed by atoms with E-state index < -0.39 is 6.10 Å². The Morgan fingerprint density at radius 2 is 2.19 bits per heavy atom. The summed E-state index contributed by atoms with van der Waals surface area (Å²) in [6.45, 7) is 2.35. The van der Waals surface area contributed by atoms with Crippen LogP contribution in [-0.2, 0) is 0 Å². The lowest BCUT2D eigenvalue weighted by Gasteiger charge is -2.18. The summed E-state index contributed by atoms with van der Waals surface area (Å²) >= 11 is 5.92. The number of aliphatic hydroxyl groups excluding tert-OH is 2. The molecular weight excluding hydrogens is 348 g/mol. The minimum atomic E-state index is -0.720. The molecule has 0 aliphatic heterocycles. The van der Waals surface area contributed by atoms with Gasteiger partial charge in [0.05, 0.1) is 6.10 Å². The van der Waals surface area contributed by atoms with Crippen molar-refractivity contribution in [2.45, 2.75) is 51.2 Å². The monoisotopic (exact) mass is 377 g/mol. The molecular formula is C22H30ClO3. The minimum absolute atomic E-state index is 0.0478. The van der Waals surface area contributed by atoms with Crippen molar-refractivity contribution < 1.29 is 14.9 Å². The van der Waals surface area contributed by atoms with Gasteiger partial charge in [-0.25, -0.2) is 0 Å². The van der Waals surface area contributed by atoms with E-state index in [1.54, 1.807) is 24.3 Å². The topological polar surface area (TPSA) is 49.7 Å². The summed E-state index contributed by atoms with van der Waals surface area (Å²) in [6, 6.07) is 7.11. The first-order valence-electron chi connectivity index (χ1n) is 9.51. The molecule has 1 aliphatic rings. The second kappa shape index (κ2) is 11.4. The van der Waals surface area contributed by atoms with Crippen LogP contribution in [0.15, 0.2) is 48.6 Å². The lowest BCUT2D eigenvalue weighted by atomic mass is 9.91. The van der Waals surface area contributed by atoms with Gasteiger partial charge in [0.15, 0.2) is 0 Å². The number of ether oxygens (including phenoxy) is 1. The van der Waals surface area contributed by atoms with Gasteiger partial charge in [0, 0.05) is 10.9 Å². The van der Waals surface area contributed by atoms with Crippen LogP contribution in [0.2, 0.25) is 5.02 Å². The van der Waals surface area contributed by atoms with Crippen molar-refractivity contribution in [1.29, 1.82) is 0 Å². The molecule has 0 saturated heterocycles. The summed E-state index contributed by atoms with van der Waals surface area (Å²) in [6.07, 6.45) is 14.4. The van der Waals surface area contributed by atoms with E-state index >= 15 is 0 Å². The molecule has 1 aliphatic carbocycles. The molecule has 0 amide bonds. The number of benzene rings is 1. The number of rotatable bonds is 10. The highest BCUT2D eigenvalue weighted by Crippen LogP contribution is 2.35. The second-order valence-electron chi connectivity index (χ2n) is 6.85. The molecule has 2 rings (SSSR count). The average molecular weight is 378 g/mol. The van der Waals surface area contributed by atoms with Crippen LogP contribution in [0.4, 0.5) is 0 Å². The first-order chi connectivity index (χ1) is 12.6. The van der Waals surface area contributed by atoms with Gasteiger partial charge in [-0.1, -0.05) is 61.7 Å². The standard InChI is InChI=1S/C22H30ClO3/c1-2-3-4-5-6-8-17-11-14-22(25)21(17)13-12-19(24)16-26-20-10-7-9-18(23)15-20/h5-7,9-13,15,17,19,21-22,24-25H,2-4,8,14,16H2,1H3/t17-,19+,21+,22+/m0/s1. The number of hydrogen-bond acceptors (Lipinski definition) is 3. The molecule has 1 radical (unpaired) electrons. The fourth-order valence-corrected chi connectivity index (χ4v) is 3.36. The summed E-state index contributed by atoms with van der Waals surface area (Å²) in [5.41, 5.74) is 0. The minimum Gasteiger partial charge on any atom is -0.491 e. The van der Waals surface area contributed by atoms with Crippen molar-refractivity contribution in [1.82, 2.24) is 0 Å². The van der Waals surface area contributed by atoms with Crippen molar-refractivity contribution in [2.24, 2.45) is 11.8 Å². The van der Waals surface area contributed by atoms with Crippen molar-refractivity contribution in [3.05, 3.63) is 60.0 Å². The van der Waals surface area contributed by atoms with E-state index in [1.165, 1.54) is 12.8 Å². The van der Waals surface area contributed by atoms with Gasteiger partial charge in [-0.3, -0.25) is 0 Å². The summed E-state index contributed by atoms with van der Waals surface area (Å²) in [4.78, 5) is 0. The Labute approximate surface area is 162 Å². The van der Waals surface area contributed by atoms with Crippen molar-refractivity contribution in [3.63, 3.8) is 0 Å². The summed E-state index contributed by atoms with van der Waals surface area (Å²) in [7, 11) is 0. The SMILES string of the molecule is CCCCC=CC[C@H]1[CH]C[C@@H](O)[C@@H]1C=C[C@@H](O)COc1cccc(Cl)c1. The molecule has 2 N–H and O–H groups in total. The smallest absolute Gasteiger partial charge is 0.120 e. The Bertz CT molecular complexity index is 585. The lowest BCUT2D eigenvalue weighted by molar-refractivity contribution is 0.133. The van der Waals surface area contributed by atoms with Crippen LogP contribution in [0.1, 0.15) is 39.0 Å². The zero-order valence-corrected chi connectivity index (χ0v) is 16.2. The molecule has 0 bridgehead atoms. The summed E-state index contributed by atoms with van der Waals surface area (Å²) < 4.78 is 5.55. The van der Waals surface area contributed by atoms with E-state index in [9.17, 15) is 10.2 Å². The first-order valence-corrected chi connectivity index (χ1v) is 9.89. The van der Waals surface area contributed by atoms with Gasteiger partial charge in [-0.2, -0.15) is 0 Å². The largest absolute Gasteiger partial charge is 0.491 e. The molecule has 4 atom stereocenters. The van der Waals surface area contributed by atoms with E-state index in [4.69, 9.17) is 16.3 Å². The normalized spacial score (nSPS) is 24.5. The highest BCUT2D eigenvalue weighted by atomic mass is 35.5. The van der Waals surface area contributed by atoms with Crippen molar-refractivity contribution in [2.75, 3.05) is 6.61 Å². The third-order valence-electron chi connectivity index (χ3n) is 4.69. The van der Waals surface area contributed by atoms with Crippen molar-refractivity contribution in [3.8, 4) is 5.75 Å². The zero-order chi connectivity index (χ0) is 18.8. The maximum Gasteiger partial charge on any atom is 0.120 e. The van der Waals surface area contributed by atoms with Crippen LogP contribution in [-0.4, -0.2) is 29.0 Å². The third kappa shape index (κ3) is 7.14. The number of unbranched alkanes of at least 4 members (excludes halogenated alkanes) is 2. The van der Waals surface area contributed by atoms with Crippen LogP contribution >= 0.6 is 11.6 Å². The molecule has 3 nitrogen and oxygen atoms in total. The predicted octanol–water partition coefficient (Wildman–Crippen LogP) is 4.97. The Kier molecular flexibility index (Phi) is 9.24. The molecule has 1 saturated carbocycles. The summed E-state index contributed by atoms with van der Waals surface area (Å²) in [5, 5.41) is 21.0. The highest BCUT2D eigenvalue weighted by molar-refractivity contribution is 6.30. The van der Waals surface area contributed by atoms with Gasteiger partial charge >= 0.3 is 0 Å². The second-order valence-corrected chi connectivity index (χ2v) is 7.29. The number of hydrogen-bond donors (Lipinski definition) is 2. The average Bonchev–Trinajstić information content (AvgIpc) is 2.98. The van der Waals surface area contributed by atoms with Crippen LogP contribution in [0.3, 0.4) is 0 Å². The molecule has 1 aromatic carbocycles. The molecule has 0 unspecified atom stereocenters. The van der Waals surface area contributed by atoms with Gasteiger partial charge in [0.1, 0.15) is 18.5 Å². The highest BCUT2D eigenvalue weighted by Gasteiger charge is 2.32. The van der Waals surface area contributed by atoms with Gasteiger partial charge in [0.25, 0.3) is 0 Å². The van der Waals surface area contributed by atoms with E-state index in [0.717, 1.165) is 12.8 Å². The Hall–Kier alpha value is -1.29. The molecule has 1 fully saturated rings. The third-order valence-corrected chi connectivity index (χ3v) is 4.93. The Morgan fingerprint density at radius 3 is 2.96 bits per heavy atom. The predicted molar refractivity (Wildman–Crippen MR) is 107 cm³/mol. The molecule has 143 valence electrons. The fourth-order valence-electron chi connectivity index (χ4n) is 3.18. The van der Waals surface area contributed by atoms with E-state index in [-0.39, 0.29) is 18.6 Å². The van der Waals surface area contributed by atoms with Gasteiger partial charge in [0.2, 0.25) is 0 Å².